The van der Waals surface area contributed by atoms with Gasteiger partial charge in [0.2, 0.25) is 5.91 Å². The van der Waals surface area contributed by atoms with Gasteiger partial charge in [-0.05, 0) is 43.2 Å². The van der Waals surface area contributed by atoms with Crippen LogP contribution in [0.5, 0.6) is 5.75 Å². The Balaban J connectivity index is 2.25. The molecule has 0 aliphatic rings. The monoisotopic (exact) mass is 440 g/mol. The Labute approximate surface area is 179 Å². The van der Waals surface area contributed by atoms with Gasteiger partial charge in [0.15, 0.2) is 18.2 Å². The van der Waals surface area contributed by atoms with Crippen molar-refractivity contribution in [1.82, 2.24) is 10.2 Å². The molecular weight excluding hydrogens is 418 g/mol. The fourth-order valence-electron chi connectivity index (χ4n) is 2.83. The van der Waals surface area contributed by atoms with Gasteiger partial charge in [-0.1, -0.05) is 48.3 Å². The van der Waals surface area contributed by atoms with Crippen molar-refractivity contribution in [2.24, 2.45) is 0 Å². The second-order valence-electron chi connectivity index (χ2n) is 6.30. The third-order valence-electron chi connectivity index (χ3n) is 4.28. The molecule has 2 rings (SSSR count). The van der Waals surface area contributed by atoms with Crippen LogP contribution < -0.4 is 10.1 Å². The molecule has 0 fully saturated rings. The summed E-state index contributed by atoms with van der Waals surface area (Å²) in [6.07, 6.45) is 0.391. The maximum atomic E-state index is 13.8. The van der Waals surface area contributed by atoms with Gasteiger partial charge in [-0.25, -0.2) is 4.39 Å². The van der Waals surface area contributed by atoms with Crippen LogP contribution in [-0.2, 0) is 16.1 Å². The van der Waals surface area contributed by atoms with Crippen LogP contribution in [0.2, 0.25) is 10.0 Å². The first-order valence-corrected chi connectivity index (χ1v) is 10.0. The molecule has 0 saturated carbocycles. The number of likely N-dealkylation sites (N-methyl/N-ethyl adjacent to an activating group) is 1. The maximum absolute atomic E-state index is 13.8. The third kappa shape index (κ3) is 6.34. The van der Waals surface area contributed by atoms with Crippen LogP contribution in [0.4, 0.5) is 4.39 Å². The highest BCUT2D eigenvalue weighted by atomic mass is 35.5. The van der Waals surface area contributed by atoms with Crippen LogP contribution >= 0.6 is 23.2 Å². The molecule has 2 amide bonds. The summed E-state index contributed by atoms with van der Waals surface area (Å²) in [5, 5.41) is 3.59. The number of benzene rings is 2. The van der Waals surface area contributed by atoms with Crippen molar-refractivity contribution in [2.75, 3.05) is 13.2 Å². The van der Waals surface area contributed by atoms with Crippen LogP contribution in [0.25, 0.3) is 0 Å². The highest BCUT2D eigenvalue weighted by Gasteiger charge is 2.29. The van der Waals surface area contributed by atoms with Crippen molar-refractivity contribution < 1.29 is 18.7 Å². The summed E-state index contributed by atoms with van der Waals surface area (Å²) in [7, 11) is 0. The summed E-state index contributed by atoms with van der Waals surface area (Å²) in [6, 6.07) is 10.0. The van der Waals surface area contributed by atoms with E-state index in [1.54, 1.807) is 38.1 Å². The number of para-hydroxylation sites is 1. The zero-order valence-electron chi connectivity index (χ0n) is 16.3. The Morgan fingerprint density at radius 1 is 1.17 bits per heavy atom. The lowest BCUT2D eigenvalue weighted by Crippen LogP contribution is -2.50. The number of ether oxygens (including phenoxy) is 1. The van der Waals surface area contributed by atoms with Gasteiger partial charge in [0.05, 0.1) is 0 Å². The lowest BCUT2D eigenvalue weighted by Gasteiger charge is -2.30. The molecule has 1 atom stereocenters. The molecule has 0 aliphatic carbocycles. The van der Waals surface area contributed by atoms with E-state index >= 15 is 0 Å². The van der Waals surface area contributed by atoms with Crippen LogP contribution in [0.15, 0.2) is 42.5 Å². The summed E-state index contributed by atoms with van der Waals surface area (Å²) >= 11 is 12.2. The first-order valence-electron chi connectivity index (χ1n) is 9.25. The summed E-state index contributed by atoms with van der Waals surface area (Å²) < 4.78 is 19.1. The Hall–Kier alpha value is -2.31. The summed E-state index contributed by atoms with van der Waals surface area (Å²) in [6.45, 7) is 3.72. The van der Waals surface area contributed by atoms with E-state index in [9.17, 15) is 14.0 Å². The van der Waals surface area contributed by atoms with E-state index in [2.05, 4.69) is 5.32 Å². The van der Waals surface area contributed by atoms with Crippen molar-refractivity contribution in [3.8, 4) is 5.75 Å². The molecule has 0 aromatic heterocycles. The number of nitrogens with zero attached hydrogens (tertiary/aromatic N) is 1. The molecular formula is C21H23Cl2FN2O3. The normalized spacial score (nSPS) is 11.6. The Kier molecular flexibility index (Phi) is 8.73. The zero-order valence-corrected chi connectivity index (χ0v) is 17.8. The van der Waals surface area contributed by atoms with E-state index < -0.39 is 24.4 Å². The average Bonchev–Trinajstić information content (AvgIpc) is 2.68. The first kappa shape index (κ1) is 23.0. The number of amides is 2. The van der Waals surface area contributed by atoms with Crippen LogP contribution in [0.1, 0.15) is 25.8 Å². The van der Waals surface area contributed by atoms with Gasteiger partial charge in [-0.3, -0.25) is 9.59 Å². The molecule has 5 nitrogen and oxygen atoms in total. The summed E-state index contributed by atoms with van der Waals surface area (Å²) in [4.78, 5) is 26.9. The maximum Gasteiger partial charge on any atom is 0.261 e. The molecule has 0 spiro atoms. The van der Waals surface area contributed by atoms with Crippen molar-refractivity contribution in [1.29, 1.82) is 0 Å². The average molecular weight is 441 g/mol. The molecule has 0 heterocycles. The lowest BCUT2D eigenvalue weighted by molar-refractivity contribution is -0.143. The van der Waals surface area contributed by atoms with E-state index in [-0.39, 0.29) is 18.2 Å². The van der Waals surface area contributed by atoms with Crippen molar-refractivity contribution in [3.63, 3.8) is 0 Å². The fraction of sp³-hybridized carbons (Fsp3) is 0.333. The van der Waals surface area contributed by atoms with Gasteiger partial charge < -0.3 is 15.0 Å². The summed E-state index contributed by atoms with van der Waals surface area (Å²) in [5.41, 5.74) is 0.637. The van der Waals surface area contributed by atoms with Crippen LogP contribution in [0.3, 0.4) is 0 Å². The number of halogens is 3. The first-order chi connectivity index (χ1) is 13.9. The minimum Gasteiger partial charge on any atom is -0.481 e. The standard InChI is InChI=1S/C21H23Cl2FN2O3/c1-3-18(21(28)25-4-2)26(12-14-9-10-15(22)11-16(14)23)20(27)13-29-19-8-6-5-7-17(19)24/h5-11,18H,3-4,12-13H2,1-2H3,(H,25,28)/t18-/m0/s1. The Morgan fingerprint density at radius 3 is 2.52 bits per heavy atom. The second-order valence-corrected chi connectivity index (χ2v) is 7.14. The van der Waals surface area contributed by atoms with E-state index in [0.29, 0.717) is 28.6 Å². The predicted octanol–water partition coefficient (Wildman–Crippen LogP) is 4.45. The number of hydrogen-bond acceptors (Lipinski definition) is 3. The highest BCUT2D eigenvalue weighted by molar-refractivity contribution is 6.35. The fourth-order valence-corrected chi connectivity index (χ4v) is 3.30. The van der Waals surface area contributed by atoms with Crippen molar-refractivity contribution in [2.45, 2.75) is 32.9 Å². The van der Waals surface area contributed by atoms with Crippen molar-refractivity contribution >= 4 is 35.0 Å². The second kappa shape index (κ2) is 11.0. The minimum absolute atomic E-state index is 0.0311. The zero-order chi connectivity index (χ0) is 21.4. The topological polar surface area (TPSA) is 58.6 Å². The van der Waals surface area contributed by atoms with Gasteiger partial charge in [0.1, 0.15) is 6.04 Å². The smallest absolute Gasteiger partial charge is 0.261 e. The van der Waals surface area contributed by atoms with Crippen LogP contribution in [0, 0.1) is 5.82 Å². The van der Waals surface area contributed by atoms with Gasteiger partial charge in [-0.15, -0.1) is 0 Å². The van der Waals surface area contributed by atoms with E-state index in [4.69, 9.17) is 27.9 Å². The summed E-state index contributed by atoms with van der Waals surface area (Å²) in [5.74, 6) is -1.34. The molecule has 29 heavy (non-hydrogen) atoms. The molecule has 0 aliphatic heterocycles. The van der Waals surface area contributed by atoms with E-state index in [1.165, 1.54) is 23.1 Å². The van der Waals surface area contributed by atoms with Gasteiger partial charge in [-0.2, -0.15) is 0 Å². The number of nitrogens with one attached hydrogen (secondary N) is 1. The Morgan fingerprint density at radius 2 is 1.90 bits per heavy atom. The molecule has 0 saturated heterocycles. The van der Waals surface area contributed by atoms with Gasteiger partial charge >= 0.3 is 0 Å². The highest BCUT2D eigenvalue weighted by Crippen LogP contribution is 2.24. The molecule has 2 aromatic carbocycles. The predicted molar refractivity (Wildman–Crippen MR) is 112 cm³/mol. The number of hydrogen-bond donors (Lipinski definition) is 1. The minimum atomic E-state index is -0.724. The molecule has 2 aromatic rings. The largest absolute Gasteiger partial charge is 0.481 e. The molecule has 1 N–H and O–H groups in total. The van der Waals surface area contributed by atoms with Gasteiger partial charge in [0.25, 0.3) is 5.91 Å². The number of rotatable bonds is 9. The molecule has 0 unspecified atom stereocenters. The molecule has 0 radical (unpaired) electrons. The van der Waals surface area contributed by atoms with E-state index in [0.717, 1.165) is 0 Å². The lowest BCUT2D eigenvalue weighted by atomic mass is 10.1. The molecule has 156 valence electrons. The Bertz CT molecular complexity index is 864. The number of carbonyl (C=O) groups excluding carboxylic acids is 2. The van der Waals surface area contributed by atoms with E-state index in [1.807, 2.05) is 0 Å². The quantitative estimate of drug-likeness (QED) is 0.626. The van der Waals surface area contributed by atoms with Gasteiger partial charge in [0, 0.05) is 23.1 Å². The molecule has 8 heteroatoms. The molecule has 0 bridgehead atoms. The van der Waals surface area contributed by atoms with Crippen molar-refractivity contribution in [3.05, 3.63) is 63.9 Å². The third-order valence-corrected chi connectivity index (χ3v) is 4.87. The SMILES string of the molecule is CCNC(=O)[C@H](CC)N(Cc1ccc(Cl)cc1Cl)C(=O)COc1ccccc1F. The van der Waals surface area contributed by atoms with Crippen LogP contribution in [-0.4, -0.2) is 35.9 Å². The number of carbonyl (C=O) groups is 2.